The van der Waals surface area contributed by atoms with Gasteiger partial charge in [-0.15, -0.1) is 23.1 Å². The number of hydrogen-bond donors (Lipinski definition) is 1. The molecule has 1 heterocycles. The normalized spacial score (nSPS) is 13.1. The number of carbonyl (C=O) groups excluding carboxylic acids is 2. The van der Waals surface area contributed by atoms with Crippen LogP contribution in [-0.4, -0.2) is 24.2 Å². The SMILES string of the molecule is CCOC(=O)c1c(NC(=O)CSCc2ccc(Cl)cc2)sc2c1CCCC2. The maximum Gasteiger partial charge on any atom is 0.341 e. The Balaban J connectivity index is 1.63. The highest BCUT2D eigenvalue weighted by atomic mass is 35.5. The number of carbonyl (C=O) groups is 2. The Morgan fingerprint density at radius 1 is 1.22 bits per heavy atom. The molecule has 1 N–H and O–H groups in total. The molecular formula is C20H22ClNO3S2. The first-order chi connectivity index (χ1) is 13.1. The van der Waals surface area contributed by atoms with Crippen LogP contribution >= 0.6 is 34.7 Å². The van der Waals surface area contributed by atoms with Gasteiger partial charge in [0.2, 0.25) is 5.91 Å². The number of thiophene rings is 1. The van der Waals surface area contributed by atoms with E-state index in [2.05, 4.69) is 5.32 Å². The number of rotatable bonds is 7. The molecule has 2 aromatic rings. The monoisotopic (exact) mass is 423 g/mol. The van der Waals surface area contributed by atoms with Crippen LogP contribution in [0.1, 0.15) is 46.1 Å². The number of hydrogen-bond acceptors (Lipinski definition) is 5. The van der Waals surface area contributed by atoms with E-state index in [0.29, 0.717) is 27.9 Å². The van der Waals surface area contributed by atoms with Gasteiger partial charge in [-0.3, -0.25) is 4.79 Å². The minimum absolute atomic E-state index is 0.0990. The van der Waals surface area contributed by atoms with Gasteiger partial charge in [0.25, 0.3) is 0 Å². The summed E-state index contributed by atoms with van der Waals surface area (Å²) in [7, 11) is 0. The van der Waals surface area contributed by atoms with Crippen molar-refractivity contribution < 1.29 is 14.3 Å². The number of esters is 1. The minimum atomic E-state index is -0.332. The van der Waals surface area contributed by atoms with Crippen LogP contribution in [0.3, 0.4) is 0 Å². The zero-order chi connectivity index (χ0) is 19.2. The van der Waals surface area contributed by atoms with Gasteiger partial charge < -0.3 is 10.1 Å². The Hall–Kier alpha value is -1.50. The highest BCUT2D eigenvalue weighted by Crippen LogP contribution is 2.38. The standard InChI is InChI=1S/C20H22ClNO3S2/c1-2-25-20(24)18-15-5-3-4-6-16(15)27-19(18)22-17(23)12-26-11-13-7-9-14(21)10-8-13/h7-10H,2-6,11-12H2,1H3,(H,22,23). The summed E-state index contributed by atoms with van der Waals surface area (Å²) in [6.07, 6.45) is 4.04. The molecule has 0 bridgehead atoms. The fourth-order valence-electron chi connectivity index (χ4n) is 3.08. The summed E-state index contributed by atoms with van der Waals surface area (Å²) >= 11 is 8.94. The molecule has 4 nitrogen and oxygen atoms in total. The van der Waals surface area contributed by atoms with E-state index in [9.17, 15) is 9.59 Å². The third-order valence-corrected chi connectivity index (χ3v) is 6.78. The Bertz CT molecular complexity index is 817. The molecule has 0 atom stereocenters. The number of halogens is 1. The van der Waals surface area contributed by atoms with Crippen LogP contribution in [0.25, 0.3) is 0 Å². The number of nitrogens with one attached hydrogen (secondary N) is 1. The molecule has 0 saturated carbocycles. The number of thioether (sulfide) groups is 1. The van der Waals surface area contributed by atoms with Crippen LogP contribution < -0.4 is 5.32 Å². The molecule has 3 rings (SSSR count). The van der Waals surface area contributed by atoms with E-state index in [1.165, 1.54) is 28.0 Å². The van der Waals surface area contributed by atoms with E-state index < -0.39 is 0 Å². The molecule has 0 saturated heterocycles. The van der Waals surface area contributed by atoms with Crippen LogP contribution in [-0.2, 0) is 28.1 Å². The Kier molecular flexibility index (Phi) is 7.21. The van der Waals surface area contributed by atoms with Gasteiger partial charge in [-0.05, 0) is 55.9 Å². The molecule has 1 aliphatic carbocycles. The molecule has 0 unspecified atom stereocenters. The second-order valence-electron chi connectivity index (χ2n) is 6.30. The zero-order valence-corrected chi connectivity index (χ0v) is 17.6. The second-order valence-corrected chi connectivity index (χ2v) is 8.83. The van der Waals surface area contributed by atoms with Crippen molar-refractivity contribution in [2.24, 2.45) is 0 Å². The summed E-state index contributed by atoms with van der Waals surface area (Å²) in [6, 6.07) is 7.61. The molecule has 7 heteroatoms. The van der Waals surface area contributed by atoms with Crippen molar-refractivity contribution in [3.05, 3.63) is 50.9 Å². The van der Waals surface area contributed by atoms with Crippen molar-refractivity contribution >= 4 is 51.6 Å². The van der Waals surface area contributed by atoms with Crippen molar-refractivity contribution in [3.8, 4) is 0 Å². The number of amides is 1. The van der Waals surface area contributed by atoms with E-state index in [4.69, 9.17) is 16.3 Å². The molecule has 1 aromatic heterocycles. The van der Waals surface area contributed by atoms with Crippen molar-refractivity contribution in [2.75, 3.05) is 17.7 Å². The number of aryl methyl sites for hydroxylation is 1. The van der Waals surface area contributed by atoms with E-state index >= 15 is 0 Å². The lowest BCUT2D eigenvalue weighted by molar-refractivity contribution is -0.113. The lowest BCUT2D eigenvalue weighted by Crippen LogP contribution is -2.17. The average Bonchev–Trinajstić information content (AvgIpc) is 3.01. The maximum atomic E-state index is 12.4. The zero-order valence-electron chi connectivity index (χ0n) is 15.2. The lowest BCUT2D eigenvalue weighted by atomic mass is 9.95. The van der Waals surface area contributed by atoms with Crippen molar-refractivity contribution in [2.45, 2.75) is 38.4 Å². The van der Waals surface area contributed by atoms with Gasteiger partial charge >= 0.3 is 5.97 Å². The number of ether oxygens (including phenoxy) is 1. The summed E-state index contributed by atoms with van der Waals surface area (Å²) < 4.78 is 5.22. The molecule has 1 amide bonds. The van der Waals surface area contributed by atoms with Gasteiger partial charge in [0.15, 0.2) is 0 Å². The summed E-state index contributed by atoms with van der Waals surface area (Å²) in [4.78, 5) is 26.0. The fraction of sp³-hybridized carbons (Fsp3) is 0.400. The van der Waals surface area contributed by atoms with E-state index in [0.717, 1.165) is 42.6 Å². The summed E-state index contributed by atoms with van der Waals surface area (Å²) in [5, 5.41) is 4.28. The molecule has 0 aliphatic heterocycles. The summed E-state index contributed by atoms with van der Waals surface area (Å²) in [5.74, 6) is 0.628. The molecule has 27 heavy (non-hydrogen) atoms. The molecule has 1 aromatic carbocycles. The first-order valence-electron chi connectivity index (χ1n) is 9.02. The number of fused-ring (bicyclic) bond motifs is 1. The molecule has 0 radical (unpaired) electrons. The predicted molar refractivity (Wildman–Crippen MR) is 113 cm³/mol. The average molecular weight is 424 g/mol. The van der Waals surface area contributed by atoms with Crippen LogP contribution in [0.15, 0.2) is 24.3 Å². The Morgan fingerprint density at radius 3 is 2.70 bits per heavy atom. The quantitative estimate of drug-likeness (QED) is 0.611. The Labute approximate surface area is 172 Å². The number of benzene rings is 1. The molecule has 0 spiro atoms. The molecule has 1 aliphatic rings. The molecule has 144 valence electrons. The maximum absolute atomic E-state index is 12.4. The Morgan fingerprint density at radius 2 is 1.96 bits per heavy atom. The van der Waals surface area contributed by atoms with Crippen molar-refractivity contribution in [1.82, 2.24) is 0 Å². The van der Waals surface area contributed by atoms with Crippen LogP contribution in [0.4, 0.5) is 5.00 Å². The predicted octanol–water partition coefficient (Wildman–Crippen LogP) is 5.33. The topological polar surface area (TPSA) is 55.4 Å². The highest BCUT2D eigenvalue weighted by molar-refractivity contribution is 7.99. The minimum Gasteiger partial charge on any atom is -0.462 e. The fourth-order valence-corrected chi connectivity index (χ4v) is 5.29. The van der Waals surface area contributed by atoms with E-state index in [1.54, 1.807) is 6.92 Å². The molecule has 0 fully saturated rings. The van der Waals surface area contributed by atoms with Crippen LogP contribution in [0, 0.1) is 0 Å². The summed E-state index contributed by atoms with van der Waals surface area (Å²) in [6.45, 7) is 2.12. The highest BCUT2D eigenvalue weighted by Gasteiger charge is 2.27. The third-order valence-electron chi connectivity index (χ3n) is 4.32. The van der Waals surface area contributed by atoms with E-state index in [1.807, 2.05) is 24.3 Å². The van der Waals surface area contributed by atoms with Crippen LogP contribution in [0.2, 0.25) is 5.02 Å². The van der Waals surface area contributed by atoms with Gasteiger partial charge in [-0.25, -0.2) is 4.79 Å². The smallest absolute Gasteiger partial charge is 0.341 e. The van der Waals surface area contributed by atoms with Gasteiger partial charge in [0.1, 0.15) is 5.00 Å². The third kappa shape index (κ3) is 5.27. The lowest BCUT2D eigenvalue weighted by Gasteiger charge is -2.12. The summed E-state index contributed by atoms with van der Waals surface area (Å²) in [5.41, 5.74) is 2.75. The molecular weight excluding hydrogens is 402 g/mol. The second kappa shape index (κ2) is 9.62. The largest absolute Gasteiger partial charge is 0.462 e. The van der Waals surface area contributed by atoms with Crippen molar-refractivity contribution in [1.29, 1.82) is 0 Å². The first kappa shape index (κ1) is 20.2. The first-order valence-corrected chi connectivity index (χ1v) is 11.4. The van der Waals surface area contributed by atoms with Gasteiger partial charge in [0, 0.05) is 15.7 Å². The van der Waals surface area contributed by atoms with Gasteiger partial charge in [-0.2, -0.15) is 0 Å². The van der Waals surface area contributed by atoms with Crippen LogP contribution in [0.5, 0.6) is 0 Å². The van der Waals surface area contributed by atoms with E-state index in [-0.39, 0.29) is 11.9 Å². The van der Waals surface area contributed by atoms with Gasteiger partial charge in [-0.1, -0.05) is 23.7 Å². The van der Waals surface area contributed by atoms with Crippen molar-refractivity contribution in [3.63, 3.8) is 0 Å². The van der Waals surface area contributed by atoms with Gasteiger partial charge in [0.05, 0.1) is 17.9 Å². The number of anilines is 1.